The molecular weight excluding hydrogens is 620 g/mol. The van der Waals surface area contributed by atoms with E-state index in [0.717, 1.165) is 24.3 Å². The van der Waals surface area contributed by atoms with Crippen LogP contribution in [-0.2, 0) is 23.0 Å². The normalized spacial score (nSPS) is 17.5. The van der Waals surface area contributed by atoms with Gasteiger partial charge in [-0.3, -0.25) is 4.72 Å². The number of anilines is 2. The molecule has 2 atom stereocenters. The molecule has 1 aliphatic heterocycles. The van der Waals surface area contributed by atoms with E-state index < -0.39 is 16.1 Å². The highest BCUT2D eigenvalue weighted by molar-refractivity contribution is 7.92. The fourth-order valence-electron chi connectivity index (χ4n) is 6.31. The third kappa shape index (κ3) is 8.18. The molecule has 0 saturated heterocycles. The van der Waals surface area contributed by atoms with Gasteiger partial charge < -0.3 is 20.9 Å². The van der Waals surface area contributed by atoms with Crippen molar-refractivity contribution in [3.05, 3.63) is 82.4 Å². The van der Waals surface area contributed by atoms with Crippen LogP contribution in [0.5, 0.6) is 5.75 Å². The van der Waals surface area contributed by atoms with E-state index in [1.165, 1.54) is 47.5 Å². The van der Waals surface area contributed by atoms with Gasteiger partial charge in [0.25, 0.3) is 10.0 Å². The lowest BCUT2D eigenvalue weighted by molar-refractivity contribution is 0.146. The molecule has 0 amide bonds. The fourth-order valence-corrected chi connectivity index (χ4v) is 7.42. The number of rotatable bonds is 13. The predicted octanol–water partition coefficient (Wildman–Crippen LogP) is 3.58. The minimum Gasteiger partial charge on any atom is -0.489 e. The van der Waals surface area contributed by atoms with Crippen LogP contribution in [0.25, 0.3) is 5.69 Å². The lowest BCUT2D eigenvalue weighted by Crippen LogP contribution is -2.36. The Labute approximate surface area is 274 Å². The zero-order chi connectivity index (χ0) is 32.8. The Hall–Kier alpha value is -4.27. The number of benzene rings is 2. The number of aryl methyl sites for hydroxylation is 2. The summed E-state index contributed by atoms with van der Waals surface area (Å²) >= 11 is 0. The Morgan fingerprint density at radius 1 is 1.02 bits per heavy atom. The standard InChI is InChI=1S/C33H42N8O5S/c34-32-17-9-25(20-36-32)30(42)22-35-21-28-14-8-24-19-29(15-16-31(24)46-28)47(44,45)37-26-10-12-27(13-11-26)41-33(43)40(38-39-41)18-4-7-23-5-2-1-3-6-23/h9-13,15-17,19-20,23,28,30,35,37,42H,1-8,14,18,21-22H2,(H2,34,36)/t28-,30-/m0/s1. The van der Waals surface area contributed by atoms with Gasteiger partial charge in [0, 0.05) is 37.1 Å². The van der Waals surface area contributed by atoms with E-state index in [0.29, 0.717) is 61.0 Å². The quantitative estimate of drug-likeness (QED) is 0.165. The highest BCUT2D eigenvalue weighted by Crippen LogP contribution is 2.31. The molecule has 13 nitrogen and oxygen atoms in total. The van der Waals surface area contributed by atoms with E-state index >= 15 is 0 Å². The molecule has 6 rings (SSSR count). The largest absolute Gasteiger partial charge is 0.489 e. The maximum Gasteiger partial charge on any atom is 0.368 e. The average Bonchev–Trinajstić information content (AvgIpc) is 3.45. The zero-order valence-electron chi connectivity index (χ0n) is 26.3. The van der Waals surface area contributed by atoms with E-state index in [-0.39, 0.29) is 16.7 Å². The van der Waals surface area contributed by atoms with Crippen LogP contribution in [0.15, 0.2) is 70.5 Å². The Morgan fingerprint density at radius 2 is 1.83 bits per heavy atom. The summed E-state index contributed by atoms with van der Waals surface area (Å²) in [4.78, 5) is 17.0. The summed E-state index contributed by atoms with van der Waals surface area (Å²) in [6.07, 6.45) is 10.5. The molecule has 1 aliphatic carbocycles. The number of aliphatic hydroxyl groups is 1. The maximum atomic E-state index is 13.2. The van der Waals surface area contributed by atoms with Gasteiger partial charge in [-0.05, 0) is 96.1 Å². The molecule has 3 heterocycles. The van der Waals surface area contributed by atoms with Crippen molar-refractivity contribution >= 4 is 21.5 Å². The SMILES string of the molecule is Nc1ccc([C@@H](O)CNC[C@@H]2CCc3cc(S(=O)(=O)Nc4ccc(-n5nnn(CCCC6CCCCC6)c5=O)cc4)ccc3O2)cn1. The van der Waals surface area contributed by atoms with Crippen molar-refractivity contribution in [2.75, 3.05) is 23.5 Å². The number of hydrogen-bond acceptors (Lipinski definition) is 10. The molecule has 0 bridgehead atoms. The van der Waals surface area contributed by atoms with Crippen LogP contribution in [-0.4, -0.2) is 57.5 Å². The molecule has 2 aromatic carbocycles. The van der Waals surface area contributed by atoms with Crippen LogP contribution in [0.3, 0.4) is 0 Å². The molecule has 250 valence electrons. The molecule has 47 heavy (non-hydrogen) atoms. The van der Waals surface area contributed by atoms with E-state index in [1.54, 1.807) is 54.7 Å². The summed E-state index contributed by atoms with van der Waals surface area (Å²) in [6.45, 7) is 1.39. The highest BCUT2D eigenvalue weighted by Gasteiger charge is 2.23. The van der Waals surface area contributed by atoms with Crippen LogP contribution in [0.2, 0.25) is 0 Å². The molecule has 4 aromatic rings. The van der Waals surface area contributed by atoms with E-state index in [4.69, 9.17) is 10.5 Å². The summed E-state index contributed by atoms with van der Waals surface area (Å²) in [5.41, 5.74) is 7.65. The van der Waals surface area contributed by atoms with E-state index in [9.17, 15) is 18.3 Å². The van der Waals surface area contributed by atoms with Crippen molar-refractivity contribution in [1.29, 1.82) is 0 Å². The zero-order valence-corrected chi connectivity index (χ0v) is 27.1. The van der Waals surface area contributed by atoms with E-state index in [2.05, 4.69) is 25.4 Å². The van der Waals surface area contributed by atoms with Crippen molar-refractivity contribution < 1.29 is 18.3 Å². The third-order valence-electron chi connectivity index (χ3n) is 8.99. The molecule has 5 N–H and O–H groups in total. The van der Waals surface area contributed by atoms with Crippen molar-refractivity contribution in [1.82, 2.24) is 30.1 Å². The second-order valence-corrected chi connectivity index (χ2v) is 14.1. The van der Waals surface area contributed by atoms with Crippen molar-refractivity contribution in [3.8, 4) is 11.4 Å². The van der Waals surface area contributed by atoms with Gasteiger partial charge in [0.15, 0.2) is 0 Å². The number of nitrogen functional groups attached to an aromatic ring is 1. The van der Waals surface area contributed by atoms with Crippen molar-refractivity contribution in [2.45, 2.75) is 81.4 Å². The van der Waals surface area contributed by atoms with Gasteiger partial charge in [0.2, 0.25) is 0 Å². The topological polar surface area (TPSA) is 179 Å². The number of nitrogens with one attached hydrogen (secondary N) is 2. The maximum absolute atomic E-state index is 13.2. The number of tetrazole rings is 1. The number of nitrogens with zero attached hydrogens (tertiary/aromatic N) is 5. The van der Waals surface area contributed by atoms with Crippen LogP contribution >= 0.6 is 0 Å². The number of nitrogens with two attached hydrogens (primary N) is 1. The molecule has 14 heteroatoms. The fraction of sp³-hybridized carbons (Fsp3) is 0.455. The van der Waals surface area contributed by atoms with E-state index in [1.807, 2.05) is 0 Å². The number of ether oxygens (including phenoxy) is 1. The predicted molar refractivity (Wildman–Crippen MR) is 178 cm³/mol. The summed E-state index contributed by atoms with van der Waals surface area (Å²) in [6, 6.07) is 14.7. The van der Waals surface area contributed by atoms with Gasteiger partial charge in [-0.1, -0.05) is 38.2 Å². The van der Waals surface area contributed by atoms with Crippen LogP contribution in [0.4, 0.5) is 11.5 Å². The molecular formula is C33H42N8O5S. The number of hydrogen-bond donors (Lipinski definition) is 4. The molecule has 0 radical (unpaired) electrons. The van der Waals surface area contributed by atoms with Crippen LogP contribution in [0, 0.1) is 5.92 Å². The molecule has 2 aliphatic rings. The average molecular weight is 663 g/mol. The molecule has 0 unspecified atom stereocenters. The van der Waals surface area contributed by atoms with Gasteiger partial charge >= 0.3 is 5.69 Å². The van der Waals surface area contributed by atoms with Gasteiger partial charge in [-0.15, -0.1) is 0 Å². The summed E-state index contributed by atoms with van der Waals surface area (Å²) in [5.74, 6) is 1.78. The number of aliphatic hydroxyl groups excluding tert-OH is 1. The summed E-state index contributed by atoms with van der Waals surface area (Å²) in [7, 11) is -3.87. The number of pyridine rings is 1. The monoisotopic (exact) mass is 662 g/mol. The first-order chi connectivity index (χ1) is 22.7. The van der Waals surface area contributed by atoms with Gasteiger partial charge in [0.05, 0.1) is 16.7 Å². The highest BCUT2D eigenvalue weighted by atomic mass is 32.2. The Bertz CT molecular complexity index is 1800. The molecule has 0 spiro atoms. The van der Waals surface area contributed by atoms with Crippen molar-refractivity contribution in [2.24, 2.45) is 5.92 Å². The van der Waals surface area contributed by atoms with Crippen LogP contribution < -0.4 is 26.2 Å². The van der Waals surface area contributed by atoms with Gasteiger partial charge in [0.1, 0.15) is 17.7 Å². The second-order valence-electron chi connectivity index (χ2n) is 12.4. The Kier molecular flexibility index (Phi) is 10.2. The van der Waals surface area contributed by atoms with Gasteiger partial charge in [-0.25, -0.2) is 18.2 Å². The first-order valence-corrected chi connectivity index (χ1v) is 17.8. The second kappa shape index (κ2) is 14.7. The smallest absolute Gasteiger partial charge is 0.368 e. The van der Waals surface area contributed by atoms with Gasteiger partial charge in [-0.2, -0.15) is 9.36 Å². The Balaban J connectivity index is 1.01. The lowest BCUT2D eigenvalue weighted by atomic mass is 9.86. The molecule has 2 aromatic heterocycles. The minimum atomic E-state index is -3.87. The first kappa shape index (κ1) is 32.7. The van der Waals surface area contributed by atoms with Crippen molar-refractivity contribution in [3.63, 3.8) is 0 Å². The number of sulfonamides is 1. The summed E-state index contributed by atoms with van der Waals surface area (Å²) < 4.78 is 37.8. The van der Waals surface area contributed by atoms with Crippen LogP contribution in [0.1, 0.15) is 68.6 Å². The third-order valence-corrected chi connectivity index (χ3v) is 10.4. The minimum absolute atomic E-state index is 0.117. The first-order valence-electron chi connectivity index (χ1n) is 16.3. The number of fused-ring (bicyclic) bond motifs is 1. The summed E-state index contributed by atoms with van der Waals surface area (Å²) in [5, 5.41) is 21.7. The number of aromatic nitrogens is 5. The molecule has 1 saturated carbocycles. The molecule has 1 fully saturated rings. The lowest BCUT2D eigenvalue weighted by Gasteiger charge is -2.27. The Morgan fingerprint density at radius 3 is 2.60 bits per heavy atom.